The summed E-state index contributed by atoms with van der Waals surface area (Å²) in [6, 6.07) is 0.594. The monoisotopic (exact) mass is 275 g/mol. The van der Waals surface area contributed by atoms with E-state index in [1.165, 1.54) is 47.9 Å². The second-order valence-electron chi connectivity index (χ2n) is 5.39. The maximum absolute atomic E-state index is 4.49. The molecule has 0 aliphatic heterocycles. The van der Waals surface area contributed by atoms with E-state index < -0.39 is 0 Å². The number of anilines is 1. The molecule has 1 aliphatic rings. The molecule has 1 fully saturated rings. The van der Waals surface area contributed by atoms with Gasteiger partial charge in [0.2, 0.25) is 0 Å². The lowest BCUT2D eigenvalue weighted by Gasteiger charge is -2.23. The first kappa shape index (κ1) is 12.9. The Kier molecular flexibility index (Phi) is 3.69. The van der Waals surface area contributed by atoms with Crippen LogP contribution in [0.1, 0.15) is 49.5 Å². The topological polar surface area (TPSA) is 37.8 Å². The van der Waals surface area contributed by atoms with Gasteiger partial charge in [0.1, 0.15) is 17.0 Å². The number of rotatable bonds is 3. The molecule has 1 saturated carbocycles. The van der Waals surface area contributed by atoms with Crippen LogP contribution in [0.25, 0.3) is 10.2 Å². The van der Waals surface area contributed by atoms with E-state index in [2.05, 4.69) is 29.1 Å². The highest BCUT2D eigenvalue weighted by molar-refractivity contribution is 7.18. The van der Waals surface area contributed by atoms with Crippen LogP contribution in [0.15, 0.2) is 6.33 Å². The molecule has 19 heavy (non-hydrogen) atoms. The van der Waals surface area contributed by atoms with Crippen molar-refractivity contribution < 1.29 is 0 Å². The van der Waals surface area contributed by atoms with Crippen molar-refractivity contribution in [2.45, 2.75) is 58.4 Å². The SMILES string of the molecule is CCc1sc2ncnc(NC3CCCCC3)c2c1C. The molecule has 2 aromatic heterocycles. The molecule has 1 N–H and O–H groups in total. The van der Waals surface area contributed by atoms with Crippen LogP contribution in [0.5, 0.6) is 0 Å². The highest BCUT2D eigenvalue weighted by atomic mass is 32.1. The van der Waals surface area contributed by atoms with Gasteiger partial charge in [-0.1, -0.05) is 26.2 Å². The van der Waals surface area contributed by atoms with Gasteiger partial charge < -0.3 is 5.32 Å². The van der Waals surface area contributed by atoms with Crippen LogP contribution >= 0.6 is 11.3 Å². The summed E-state index contributed by atoms with van der Waals surface area (Å²) >= 11 is 1.81. The fourth-order valence-corrected chi connectivity index (χ4v) is 4.09. The fraction of sp³-hybridized carbons (Fsp3) is 0.600. The maximum Gasteiger partial charge on any atom is 0.138 e. The predicted octanol–water partition coefficient (Wildman–Crippen LogP) is 4.31. The molecular weight excluding hydrogens is 254 g/mol. The maximum atomic E-state index is 4.49. The summed E-state index contributed by atoms with van der Waals surface area (Å²) in [5, 5.41) is 4.90. The molecule has 102 valence electrons. The minimum Gasteiger partial charge on any atom is -0.367 e. The highest BCUT2D eigenvalue weighted by Gasteiger charge is 2.17. The van der Waals surface area contributed by atoms with Crippen LogP contribution in [-0.4, -0.2) is 16.0 Å². The van der Waals surface area contributed by atoms with Gasteiger partial charge in [0.25, 0.3) is 0 Å². The van der Waals surface area contributed by atoms with Crippen LogP contribution in [-0.2, 0) is 6.42 Å². The molecule has 3 nitrogen and oxygen atoms in total. The molecule has 4 heteroatoms. The average molecular weight is 275 g/mol. The Morgan fingerprint density at radius 3 is 2.79 bits per heavy atom. The summed E-state index contributed by atoms with van der Waals surface area (Å²) in [6.45, 7) is 4.41. The summed E-state index contributed by atoms with van der Waals surface area (Å²) in [5.74, 6) is 1.05. The van der Waals surface area contributed by atoms with E-state index >= 15 is 0 Å². The zero-order valence-corrected chi connectivity index (χ0v) is 12.5. The zero-order chi connectivity index (χ0) is 13.2. The van der Waals surface area contributed by atoms with Crippen molar-refractivity contribution in [3.05, 3.63) is 16.8 Å². The summed E-state index contributed by atoms with van der Waals surface area (Å²) in [5.41, 5.74) is 1.36. The molecule has 0 unspecified atom stereocenters. The quantitative estimate of drug-likeness (QED) is 0.907. The van der Waals surface area contributed by atoms with Gasteiger partial charge >= 0.3 is 0 Å². The molecule has 0 amide bonds. The average Bonchev–Trinajstić information content (AvgIpc) is 2.78. The lowest BCUT2D eigenvalue weighted by atomic mass is 9.95. The van der Waals surface area contributed by atoms with Gasteiger partial charge in [-0.05, 0) is 31.7 Å². The minimum atomic E-state index is 0.594. The van der Waals surface area contributed by atoms with Crippen molar-refractivity contribution in [1.29, 1.82) is 0 Å². The number of hydrogen-bond donors (Lipinski definition) is 1. The molecular formula is C15H21N3S. The minimum absolute atomic E-state index is 0.594. The molecule has 0 spiro atoms. The number of aromatic nitrogens is 2. The van der Waals surface area contributed by atoms with Crippen molar-refractivity contribution >= 4 is 27.4 Å². The molecule has 3 rings (SSSR count). The number of nitrogens with one attached hydrogen (secondary N) is 1. The summed E-state index contributed by atoms with van der Waals surface area (Å²) in [4.78, 5) is 11.5. The smallest absolute Gasteiger partial charge is 0.138 e. The van der Waals surface area contributed by atoms with Crippen LogP contribution in [0, 0.1) is 6.92 Å². The number of thiophene rings is 1. The van der Waals surface area contributed by atoms with Crippen molar-refractivity contribution in [1.82, 2.24) is 9.97 Å². The second kappa shape index (κ2) is 5.45. The van der Waals surface area contributed by atoms with E-state index in [0.29, 0.717) is 6.04 Å². The molecule has 0 atom stereocenters. The van der Waals surface area contributed by atoms with Crippen LogP contribution < -0.4 is 5.32 Å². The van der Waals surface area contributed by atoms with Gasteiger partial charge in [0, 0.05) is 10.9 Å². The standard InChI is InChI=1S/C15H21N3S/c1-3-12-10(2)13-14(16-9-17-15(13)19-12)18-11-7-5-4-6-8-11/h9,11H,3-8H2,1-2H3,(H,16,17,18). The van der Waals surface area contributed by atoms with Crippen molar-refractivity contribution in [3.8, 4) is 0 Å². The van der Waals surface area contributed by atoms with Gasteiger partial charge in [-0.15, -0.1) is 11.3 Å². The summed E-state index contributed by atoms with van der Waals surface area (Å²) in [6.07, 6.45) is 9.39. The molecule has 0 bridgehead atoms. The predicted molar refractivity (Wildman–Crippen MR) is 82.0 cm³/mol. The van der Waals surface area contributed by atoms with Gasteiger partial charge in [-0.2, -0.15) is 0 Å². The molecule has 2 heterocycles. The Morgan fingerprint density at radius 1 is 1.26 bits per heavy atom. The van der Waals surface area contributed by atoms with Crippen LogP contribution in [0.4, 0.5) is 5.82 Å². The third-order valence-electron chi connectivity index (χ3n) is 4.09. The van der Waals surface area contributed by atoms with E-state index in [-0.39, 0.29) is 0 Å². The molecule has 2 aromatic rings. The van der Waals surface area contributed by atoms with Crippen LogP contribution in [0.2, 0.25) is 0 Å². The Hall–Kier alpha value is -1.16. The summed E-state index contributed by atoms with van der Waals surface area (Å²) in [7, 11) is 0. The molecule has 0 radical (unpaired) electrons. The van der Waals surface area contributed by atoms with Gasteiger partial charge in [0.05, 0.1) is 5.39 Å². The Morgan fingerprint density at radius 2 is 2.05 bits per heavy atom. The first-order valence-corrected chi connectivity index (χ1v) is 8.10. The van der Waals surface area contributed by atoms with Gasteiger partial charge in [-0.25, -0.2) is 9.97 Å². The van der Waals surface area contributed by atoms with Crippen molar-refractivity contribution in [2.75, 3.05) is 5.32 Å². The molecule has 0 aromatic carbocycles. The summed E-state index contributed by atoms with van der Waals surface area (Å²) < 4.78 is 0. The first-order chi connectivity index (χ1) is 9.29. The van der Waals surface area contributed by atoms with Gasteiger partial charge in [0.15, 0.2) is 0 Å². The Bertz CT molecular complexity index is 570. The van der Waals surface area contributed by atoms with E-state index in [4.69, 9.17) is 0 Å². The van der Waals surface area contributed by atoms with Crippen molar-refractivity contribution in [2.24, 2.45) is 0 Å². The molecule has 1 aliphatic carbocycles. The Balaban J connectivity index is 1.95. The highest BCUT2D eigenvalue weighted by Crippen LogP contribution is 2.34. The second-order valence-corrected chi connectivity index (χ2v) is 6.47. The number of fused-ring (bicyclic) bond motifs is 1. The largest absolute Gasteiger partial charge is 0.367 e. The Labute approximate surface area is 118 Å². The van der Waals surface area contributed by atoms with Gasteiger partial charge in [-0.3, -0.25) is 0 Å². The number of nitrogens with zero attached hydrogens (tertiary/aromatic N) is 2. The first-order valence-electron chi connectivity index (χ1n) is 7.29. The third kappa shape index (κ3) is 2.46. The lowest BCUT2D eigenvalue weighted by Crippen LogP contribution is -2.23. The number of aryl methyl sites for hydroxylation is 2. The molecule has 0 saturated heterocycles. The third-order valence-corrected chi connectivity index (χ3v) is 5.44. The lowest BCUT2D eigenvalue weighted by molar-refractivity contribution is 0.462. The van der Waals surface area contributed by atoms with E-state index in [9.17, 15) is 0 Å². The van der Waals surface area contributed by atoms with E-state index in [0.717, 1.165) is 17.1 Å². The zero-order valence-electron chi connectivity index (χ0n) is 11.7. The van der Waals surface area contributed by atoms with Crippen molar-refractivity contribution in [3.63, 3.8) is 0 Å². The van der Waals surface area contributed by atoms with E-state index in [1.807, 2.05) is 11.3 Å². The van der Waals surface area contributed by atoms with Crippen LogP contribution in [0.3, 0.4) is 0 Å². The fourth-order valence-electron chi connectivity index (χ4n) is 3.00. The number of hydrogen-bond acceptors (Lipinski definition) is 4. The normalized spacial score (nSPS) is 16.9. The van der Waals surface area contributed by atoms with E-state index in [1.54, 1.807) is 6.33 Å².